The third-order valence-corrected chi connectivity index (χ3v) is 4.21. The molecule has 0 radical (unpaired) electrons. The number of nitrogens with zero attached hydrogens (tertiary/aromatic N) is 6. The highest BCUT2D eigenvalue weighted by Crippen LogP contribution is 2.26. The summed E-state index contributed by atoms with van der Waals surface area (Å²) < 4.78 is 20.2. The standard InChI is InChI=1S/C19H17FN6O/c1-12-17(22-24-26(12)15-9-7-14(20)8-10-15)18-21-19(27-23-18)13-5-4-6-16(11-13)25(2)3/h4-11H,1-3H3. The molecule has 4 aromatic rings. The second kappa shape index (κ2) is 6.64. The highest BCUT2D eigenvalue weighted by atomic mass is 19.1. The van der Waals surface area contributed by atoms with E-state index in [2.05, 4.69) is 20.5 Å². The molecule has 0 saturated heterocycles. The molecule has 7 nitrogen and oxygen atoms in total. The van der Waals surface area contributed by atoms with Crippen LogP contribution in [0.2, 0.25) is 0 Å². The lowest BCUT2D eigenvalue weighted by atomic mass is 10.2. The molecule has 0 aliphatic heterocycles. The second-order valence-electron chi connectivity index (χ2n) is 6.28. The molecule has 27 heavy (non-hydrogen) atoms. The molecule has 0 amide bonds. The van der Waals surface area contributed by atoms with Gasteiger partial charge in [-0.15, -0.1) is 5.10 Å². The fourth-order valence-corrected chi connectivity index (χ4v) is 2.72. The number of anilines is 1. The third-order valence-electron chi connectivity index (χ3n) is 4.21. The zero-order valence-corrected chi connectivity index (χ0v) is 15.1. The zero-order valence-electron chi connectivity index (χ0n) is 15.1. The van der Waals surface area contributed by atoms with Crippen LogP contribution in [0, 0.1) is 12.7 Å². The Labute approximate surface area is 155 Å². The van der Waals surface area contributed by atoms with Crippen LogP contribution in [0.4, 0.5) is 10.1 Å². The maximum Gasteiger partial charge on any atom is 0.258 e. The predicted octanol–water partition coefficient (Wildman–Crippen LogP) is 3.50. The summed E-state index contributed by atoms with van der Waals surface area (Å²) in [7, 11) is 3.94. The van der Waals surface area contributed by atoms with Gasteiger partial charge in [-0.2, -0.15) is 4.98 Å². The largest absolute Gasteiger partial charge is 0.378 e. The lowest BCUT2D eigenvalue weighted by Gasteiger charge is -2.12. The van der Waals surface area contributed by atoms with Gasteiger partial charge in [0, 0.05) is 25.3 Å². The zero-order chi connectivity index (χ0) is 19.0. The van der Waals surface area contributed by atoms with Crippen LogP contribution in [-0.4, -0.2) is 39.2 Å². The van der Waals surface area contributed by atoms with E-state index in [-0.39, 0.29) is 5.82 Å². The molecule has 0 atom stereocenters. The summed E-state index contributed by atoms with van der Waals surface area (Å²) in [6, 6.07) is 13.8. The Morgan fingerprint density at radius 2 is 1.85 bits per heavy atom. The number of halogens is 1. The molecule has 0 spiro atoms. The molecule has 2 heterocycles. The average molecular weight is 364 g/mol. The molecule has 0 N–H and O–H groups in total. The number of benzene rings is 2. The van der Waals surface area contributed by atoms with Crippen LogP contribution >= 0.6 is 0 Å². The van der Waals surface area contributed by atoms with E-state index in [0.717, 1.165) is 16.9 Å². The van der Waals surface area contributed by atoms with Crippen LogP contribution in [-0.2, 0) is 0 Å². The molecule has 4 rings (SSSR count). The SMILES string of the molecule is Cc1c(-c2noc(-c3cccc(N(C)C)c3)n2)nnn1-c1ccc(F)cc1. The Morgan fingerprint density at radius 3 is 2.59 bits per heavy atom. The monoisotopic (exact) mass is 364 g/mol. The van der Waals surface area contributed by atoms with Gasteiger partial charge in [0.1, 0.15) is 5.82 Å². The van der Waals surface area contributed by atoms with Crippen molar-refractivity contribution in [2.24, 2.45) is 0 Å². The van der Waals surface area contributed by atoms with Crippen LogP contribution in [0.3, 0.4) is 0 Å². The Balaban J connectivity index is 1.68. The lowest BCUT2D eigenvalue weighted by molar-refractivity contribution is 0.432. The first kappa shape index (κ1) is 16.9. The van der Waals surface area contributed by atoms with Crippen molar-refractivity contribution >= 4 is 5.69 Å². The van der Waals surface area contributed by atoms with Gasteiger partial charge in [0.25, 0.3) is 5.89 Å². The molecule has 2 aromatic heterocycles. The van der Waals surface area contributed by atoms with Gasteiger partial charge in [0.2, 0.25) is 5.82 Å². The predicted molar refractivity (Wildman–Crippen MR) is 99.1 cm³/mol. The van der Waals surface area contributed by atoms with Crippen LogP contribution in [0.25, 0.3) is 28.7 Å². The fourth-order valence-electron chi connectivity index (χ4n) is 2.72. The van der Waals surface area contributed by atoms with E-state index in [9.17, 15) is 4.39 Å². The molecule has 0 unspecified atom stereocenters. The number of aromatic nitrogens is 5. The fraction of sp³-hybridized carbons (Fsp3) is 0.158. The van der Waals surface area contributed by atoms with Crippen molar-refractivity contribution in [2.75, 3.05) is 19.0 Å². The van der Waals surface area contributed by atoms with E-state index < -0.39 is 0 Å². The Bertz CT molecular complexity index is 1080. The third kappa shape index (κ3) is 3.17. The molecule has 0 aliphatic carbocycles. The van der Waals surface area contributed by atoms with Crippen molar-refractivity contribution in [1.29, 1.82) is 0 Å². The van der Waals surface area contributed by atoms with E-state index in [4.69, 9.17) is 4.52 Å². The first-order chi connectivity index (χ1) is 13.0. The summed E-state index contributed by atoms with van der Waals surface area (Å²) in [6.07, 6.45) is 0. The van der Waals surface area contributed by atoms with E-state index in [1.165, 1.54) is 12.1 Å². The topological polar surface area (TPSA) is 72.9 Å². The Hall–Kier alpha value is -3.55. The summed E-state index contributed by atoms with van der Waals surface area (Å²) in [4.78, 5) is 6.46. The van der Waals surface area contributed by atoms with Crippen molar-refractivity contribution in [3.63, 3.8) is 0 Å². The summed E-state index contributed by atoms with van der Waals surface area (Å²) >= 11 is 0. The normalized spacial score (nSPS) is 11.0. The lowest BCUT2D eigenvalue weighted by Crippen LogP contribution is -2.08. The number of rotatable bonds is 4. The average Bonchev–Trinajstić information content (AvgIpc) is 3.29. The van der Waals surface area contributed by atoms with Crippen molar-refractivity contribution in [3.05, 3.63) is 60.0 Å². The van der Waals surface area contributed by atoms with Gasteiger partial charge in [-0.25, -0.2) is 9.07 Å². The van der Waals surface area contributed by atoms with Crippen LogP contribution in [0.1, 0.15) is 5.69 Å². The minimum absolute atomic E-state index is 0.306. The van der Waals surface area contributed by atoms with E-state index >= 15 is 0 Å². The van der Waals surface area contributed by atoms with E-state index in [0.29, 0.717) is 23.1 Å². The number of hydrogen-bond donors (Lipinski definition) is 0. The molecule has 0 saturated carbocycles. The first-order valence-corrected chi connectivity index (χ1v) is 8.33. The van der Waals surface area contributed by atoms with Crippen LogP contribution in [0.5, 0.6) is 0 Å². The quantitative estimate of drug-likeness (QED) is 0.552. The van der Waals surface area contributed by atoms with Gasteiger partial charge >= 0.3 is 0 Å². The molecular weight excluding hydrogens is 347 g/mol. The van der Waals surface area contributed by atoms with Crippen LogP contribution < -0.4 is 4.90 Å². The Kier molecular flexibility index (Phi) is 4.15. The molecule has 136 valence electrons. The van der Waals surface area contributed by atoms with Crippen molar-refractivity contribution < 1.29 is 8.91 Å². The summed E-state index contributed by atoms with van der Waals surface area (Å²) in [5.41, 5.74) is 3.80. The van der Waals surface area contributed by atoms with Gasteiger partial charge in [-0.1, -0.05) is 16.4 Å². The highest BCUT2D eigenvalue weighted by Gasteiger charge is 2.18. The van der Waals surface area contributed by atoms with E-state index in [1.54, 1.807) is 16.8 Å². The molecular formula is C19H17FN6O. The highest BCUT2D eigenvalue weighted by molar-refractivity contribution is 5.64. The summed E-state index contributed by atoms with van der Waals surface area (Å²) in [5, 5.41) is 12.3. The van der Waals surface area contributed by atoms with Gasteiger partial charge in [0.05, 0.1) is 11.4 Å². The van der Waals surface area contributed by atoms with Crippen molar-refractivity contribution in [2.45, 2.75) is 6.92 Å². The summed E-state index contributed by atoms with van der Waals surface area (Å²) in [6.45, 7) is 1.85. The van der Waals surface area contributed by atoms with E-state index in [1.807, 2.05) is 50.2 Å². The van der Waals surface area contributed by atoms with Gasteiger partial charge in [-0.05, 0) is 49.4 Å². The van der Waals surface area contributed by atoms with Crippen molar-refractivity contribution in [1.82, 2.24) is 25.1 Å². The maximum atomic E-state index is 13.1. The minimum Gasteiger partial charge on any atom is -0.378 e. The molecule has 8 heteroatoms. The summed E-state index contributed by atoms with van der Waals surface area (Å²) in [5.74, 6) is 0.454. The maximum absolute atomic E-state index is 13.1. The molecule has 2 aromatic carbocycles. The molecule has 0 aliphatic rings. The smallest absolute Gasteiger partial charge is 0.258 e. The van der Waals surface area contributed by atoms with Crippen LogP contribution in [0.15, 0.2) is 53.1 Å². The second-order valence-corrected chi connectivity index (χ2v) is 6.28. The first-order valence-electron chi connectivity index (χ1n) is 8.33. The molecule has 0 fully saturated rings. The molecule has 0 bridgehead atoms. The van der Waals surface area contributed by atoms with Crippen molar-refractivity contribution in [3.8, 4) is 28.7 Å². The van der Waals surface area contributed by atoms with Gasteiger partial charge in [-0.3, -0.25) is 0 Å². The number of hydrogen-bond acceptors (Lipinski definition) is 6. The minimum atomic E-state index is -0.306. The Morgan fingerprint density at radius 1 is 1.07 bits per heavy atom. The van der Waals surface area contributed by atoms with Gasteiger partial charge in [0.15, 0.2) is 5.69 Å². The van der Waals surface area contributed by atoms with Gasteiger partial charge < -0.3 is 9.42 Å².